The molecule has 0 bridgehead atoms. The quantitative estimate of drug-likeness (QED) is 0.682. The molecule has 148 valence electrons. The molecular weight excluding hydrogens is 352 g/mol. The number of rotatable bonds is 3. The summed E-state index contributed by atoms with van der Waals surface area (Å²) in [6.07, 6.45) is 0. The molecule has 2 heterocycles. The van der Waals surface area contributed by atoms with Crippen LogP contribution in [-0.4, -0.2) is 20.7 Å². The molecule has 2 aromatic heterocycles. The van der Waals surface area contributed by atoms with Crippen molar-refractivity contribution in [1.29, 1.82) is 0 Å². The van der Waals surface area contributed by atoms with E-state index in [2.05, 4.69) is 51.8 Å². The number of oxazole rings is 1. The molecule has 1 N–H and O–H groups in total. The molecule has 0 radical (unpaired) electrons. The first-order chi connectivity index (χ1) is 13.0. The molecule has 3 aromatic rings. The maximum Gasteiger partial charge on any atom is 0.279 e. The number of hydrogen-bond acceptors (Lipinski definition) is 4. The van der Waals surface area contributed by atoms with E-state index in [9.17, 15) is 4.79 Å². The van der Waals surface area contributed by atoms with Gasteiger partial charge in [-0.15, -0.1) is 0 Å². The fourth-order valence-corrected chi connectivity index (χ4v) is 2.83. The van der Waals surface area contributed by atoms with E-state index in [0.717, 1.165) is 11.3 Å². The van der Waals surface area contributed by atoms with Crippen molar-refractivity contribution in [2.75, 3.05) is 5.32 Å². The molecule has 6 heteroatoms. The smallest absolute Gasteiger partial charge is 0.279 e. The van der Waals surface area contributed by atoms with E-state index < -0.39 is 0 Å². The number of nitrogens with one attached hydrogen (secondary N) is 1. The lowest BCUT2D eigenvalue weighted by atomic mass is 9.92. The van der Waals surface area contributed by atoms with Crippen LogP contribution in [0.15, 0.2) is 40.8 Å². The van der Waals surface area contributed by atoms with Gasteiger partial charge in [-0.1, -0.05) is 39.0 Å². The lowest BCUT2D eigenvalue weighted by Gasteiger charge is -2.22. The molecule has 0 unspecified atom stereocenters. The van der Waals surface area contributed by atoms with Crippen molar-refractivity contribution in [3.63, 3.8) is 0 Å². The van der Waals surface area contributed by atoms with Gasteiger partial charge in [0.05, 0.1) is 11.2 Å². The summed E-state index contributed by atoms with van der Waals surface area (Å²) in [4.78, 5) is 17.4. The lowest BCUT2D eigenvalue weighted by molar-refractivity contribution is 0.102. The molecule has 6 nitrogen and oxygen atoms in total. The Balaban J connectivity index is 1.94. The van der Waals surface area contributed by atoms with Gasteiger partial charge in [-0.2, -0.15) is 5.10 Å². The summed E-state index contributed by atoms with van der Waals surface area (Å²) in [7, 11) is 0. The number of nitrogens with zero attached hydrogens (tertiary/aromatic N) is 3. The van der Waals surface area contributed by atoms with E-state index in [4.69, 9.17) is 9.52 Å². The number of carbonyl (C=O) groups is 1. The van der Waals surface area contributed by atoms with E-state index in [1.54, 1.807) is 6.92 Å². The van der Waals surface area contributed by atoms with Crippen LogP contribution >= 0.6 is 0 Å². The Morgan fingerprint density at radius 1 is 1.07 bits per heavy atom. The van der Waals surface area contributed by atoms with Crippen LogP contribution in [0, 0.1) is 6.92 Å². The molecule has 0 aliphatic rings. The van der Waals surface area contributed by atoms with Crippen LogP contribution in [0.2, 0.25) is 0 Å². The van der Waals surface area contributed by atoms with Crippen LogP contribution in [0.1, 0.15) is 63.5 Å². The van der Waals surface area contributed by atoms with Gasteiger partial charge in [-0.05, 0) is 39.8 Å². The normalized spacial score (nSPS) is 12.2. The molecular formula is C22H28N4O2. The minimum atomic E-state index is -0.311. The summed E-state index contributed by atoms with van der Waals surface area (Å²) < 4.78 is 7.57. The third-order valence-electron chi connectivity index (χ3n) is 4.39. The summed E-state index contributed by atoms with van der Waals surface area (Å²) >= 11 is 0. The second kappa shape index (κ2) is 6.93. The zero-order valence-electron chi connectivity index (χ0n) is 17.6. The Morgan fingerprint density at radius 2 is 1.71 bits per heavy atom. The van der Waals surface area contributed by atoms with Crippen LogP contribution in [0.5, 0.6) is 0 Å². The molecule has 0 aliphatic heterocycles. The summed E-state index contributed by atoms with van der Waals surface area (Å²) in [5, 5.41) is 7.70. The Bertz CT molecular complexity index is 986. The largest absolute Gasteiger partial charge is 0.441 e. The van der Waals surface area contributed by atoms with Gasteiger partial charge in [0.25, 0.3) is 5.91 Å². The minimum Gasteiger partial charge on any atom is -0.441 e. The fraction of sp³-hybridized carbons (Fsp3) is 0.409. The highest BCUT2D eigenvalue weighted by molar-refractivity contribution is 6.03. The van der Waals surface area contributed by atoms with E-state index in [-0.39, 0.29) is 22.6 Å². The van der Waals surface area contributed by atoms with Crippen LogP contribution in [0.25, 0.3) is 11.5 Å². The van der Waals surface area contributed by atoms with Crippen molar-refractivity contribution in [1.82, 2.24) is 14.8 Å². The second-order valence-electron chi connectivity index (χ2n) is 8.99. The summed E-state index contributed by atoms with van der Waals surface area (Å²) in [5.41, 5.74) is 1.62. The number of benzene rings is 1. The first kappa shape index (κ1) is 19.9. The van der Waals surface area contributed by atoms with Gasteiger partial charge in [0, 0.05) is 17.0 Å². The Morgan fingerprint density at radius 3 is 2.29 bits per heavy atom. The first-order valence-electron chi connectivity index (χ1n) is 9.42. The highest BCUT2D eigenvalue weighted by Crippen LogP contribution is 2.29. The maximum absolute atomic E-state index is 12.9. The minimum absolute atomic E-state index is 0.125. The number of anilines is 1. The highest BCUT2D eigenvalue weighted by atomic mass is 16.4. The number of aromatic nitrogens is 3. The van der Waals surface area contributed by atoms with E-state index in [0.29, 0.717) is 17.5 Å². The van der Waals surface area contributed by atoms with Gasteiger partial charge in [0.2, 0.25) is 5.89 Å². The van der Waals surface area contributed by atoms with Crippen LogP contribution < -0.4 is 5.32 Å². The number of carbonyl (C=O) groups excluding carboxylic acids is 1. The summed E-state index contributed by atoms with van der Waals surface area (Å²) in [6.45, 7) is 14.2. The van der Waals surface area contributed by atoms with Gasteiger partial charge >= 0.3 is 0 Å². The monoisotopic (exact) mass is 380 g/mol. The third-order valence-corrected chi connectivity index (χ3v) is 4.39. The van der Waals surface area contributed by atoms with Crippen LogP contribution in [0.3, 0.4) is 0 Å². The van der Waals surface area contributed by atoms with Crippen molar-refractivity contribution in [3.05, 3.63) is 53.5 Å². The average molecular weight is 380 g/mol. The fourth-order valence-electron chi connectivity index (χ4n) is 2.83. The van der Waals surface area contributed by atoms with Crippen molar-refractivity contribution in [3.8, 4) is 11.5 Å². The van der Waals surface area contributed by atoms with Crippen molar-refractivity contribution in [2.45, 2.75) is 59.4 Å². The van der Waals surface area contributed by atoms with Crippen LogP contribution in [0.4, 0.5) is 5.82 Å². The predicted octanol–water partition coefficient (Wildman–Crippen LogP) is 5.15. The average Bonchev–Trinajstić information content (AvgIpc) is 3.19. The zero-order valence-corrected chi connectivity index (χ0v) is 17.6. The standard InChI is InChI=1S/C22H28N4O2/c1-14-18(24-20(28-14)15-11-9-8-10-12-15)19(27)23-17-13-16(21(2,3)4)25-26(17)22(5,6)7/h8-13H,1-7H3,(H,23,27). The Hall–Kier alpha value is -2.89. The summed E-state index contributed by atoms with van der Waals surface area (Å²) in [5.74, 6) is 1.25. The summed E-state index contributed by atoms with van der Waals surface area (Å²) in [6, 6.07) is 11.5. The number of aryl methyl sites for hydroxylation is 1. The van der Waals surface area contributed by atoms with Gasteiger partial charge in [0.15, 0.2) is 5.69 Å². The van der Waals surface area contributed by atoms with Crippen molar-refractivity contribution in [2.24, 2.45) is 0 Å². The lowest BCUT2D eigenvalue weighted by Crippen LogP contribution is -2.27. The molecule has 1 amide bonds. The Kier molecular flexibility index (Phi) is 4.91. The zero-order chi connectivity index (χ0) is 20.7. The first-order valence-corrected chi connectivity index (χ1v) is 9.42. The Labute approximate surface area is 166 Å². The predicted molar refractivity (Wildman–Crippen MR) is 111 cm³/mol. The third kappa shape index (κ3) is 4.01. The molecule has 1 aromatic carbocycles. The highest BCUT2D eigenvalue weighted by Gasteiger charge is 2.27. The molecule has 0 fully saturated rings. The van der Waals surface area contributed by atoms with E-state index in [1.807, 2.05) is 41.1 Å². The van der Waals surface area contributed by atoms with Gasteiger partial charge < -0.3 is 9.73 Å². The SMILES string of the molecule is Cc1oc(-c2ccccc2)nc1C(=O)Nc1cc(C(C)(C)C)nn1C(C)(C)C. The van der Waals surface area contributed by atoms with Gasteiger partial charge in [0.1, 0.15) is 11.6 Å². The molecule has 0 saturated heterocycles. The van der Waals surface area contributed by atoms with Crippen molar-refractivity contribution < 1.29 is 9.21 Å². The molecule has 0 saturated carbocycles. The number of hydrogen-bond donors (Lipinski definition) is 1. The number of amides is 1. The van der Waals surface area contributed by atoms with E-state index >= 15 is 0 Å². The molecule has 0 spiro atoms. The molecule has 0 atom stereocenters. The maximum atomic E-state index is 12.9. The molecule has 0 aliphatic carbocycles. The topological polar surface area (TPSA) is 73.0 Å². The van der Waals surface area contributed by atoms with Gasteiger partial charge in [-0.3, -0.25) is 4.79 Å². The molecule has 3 rings (SSSR count). The van der Waals surface area contributed by atoms with Gasteiger partial charge in [-0.25, -0.2) is 9.67 Å². The van der Waals surface area contributed by atoms with E-state index in [1.165, 1.54) is 0 Å². The molecule has 28 heavy (non-hydrogen) atoms. The second-order valence-corrected chi connectivity index (χ2v) is 8.99. The van der Waals surface area contributed by atoms with Crippen molar-refractivity contribution >= 4 is 11.7 Å². The van der Waals surface area contributed by atoms with Crippen LogP contribution in [-0.2, 0) is 11.0 Å².